The number of hydrogen-bond donors (Lipinski definition) is 1. The van der Waals surface area contributed by atoms with Crippen LogP contribution in [0.15, 0.2) is 77.9 Å². The van der Waals surface area contributed by atoms with Crippen LogP contribution in [0.4, 0.5) is 0 Å². The van der Waals surface area contributed by atoms with Crippen molar-refractivity contribution >= 4 is 21.8 Å². The van der Waals surface area contributed by atoms with Gasteiger partial charge in [-0.3, -0.25) is 9.69 Å². The topological polar surface area (TPSA) is 77.3 Å². The summed E-state index contributed by atoms with van der Waals surface area (Å²) < 4.78 is 7.67. The maximum Gasteiger partial charge on any atom is 0.274 e. The molecule has 4 heterocycles. The van der Waals surface area contributed by atoms with Crippen molar-refractivity contribution in [3.63, 3.8) is 0 Å². The van der Waals surface area contributed by atoms with Crippen molar-refractivity contribution in [2.75, 3.05) is 26.2 Å². The molecular weight excluding hydrogens is 701 g/mol. The minimum Gasteiger partial charge on any atom is -0.660 e. The van der Waals surface area contributed by atoms with Gasteiger partial charge in [-0.15, -0.1) is 13.1 Å². The second-order valence-electron chi connectivity index (χ2n) is 10.2. The zero-order valence-electron chi connectivity index (χ0n) is 22.6. The number of pyridine rings is 2. The zero-order valence-corrected chi connectivity index (χ0v) is 27.3. The van der Waals surface area contributed by atoms with E-state index in [0.717, 1.165) is 64.1 Å². The Labute approximate surface area is 264 Å². The van der Waals surface area contributed by atoms with Gasteiger partial charge in [0.05, 0.1) is 11.2 Å². The van der Waals surface area contributed by atoms with E-state index in [4.69, 9.17) is 9.72 Å². The molecule has 39 heavy (non-hydrogen) atoms. The van der Waals surface area contributed by atoms with Gasteiger partial charge in [0.15, 0.2) is 0 Å². The molecule has 6 rings (SSSR count). The molecule has 3 aromatic heterocycles. The van der Waals surface area contributed by atoms with E-state index in [2.05, 4.69) is 65.4 Å². The van der Waals surface area contributed by atoms with Crippen molar-refractivity contribution in [1.82, 2.24) is 19.4 Å². The summed E-state index contributed by atoms with van der Waals surface area (Å²) in [5.74, 6) is 0.870. The fourth-order valence-electron chi connectivity index (χ4n) is 5.48. The van der Waals surface area contributed by atoms with E-state index in [0.29, 0.717) is 24.2 Å². The molecule has 1 aliphatic heterocycles. The third kappa shape index (κ3) is 5.71. The van der Waals surface area contributed by atoms with Gasteiger partial charge >= 0.3 is 0 Å². The molecule has 0 amide bonds. The summed E-state index contributed by atoms with van der Waals surface area (Å²) in [6.45, 7) is 7.85. The fraction of sp³-hybridized carbons (Fsp3) is 0.290. The number of piperazine rings is 1. The van der Waals surface area contributed by atoms with Crippen LogP contribution >= 0.6 is 0 Å². The average Bonchev–Trinajstić information content (AvgIpc) is 3.43. The molecule has 0 saturated carbocycles. The van der Waals surface area contributed by atoms with E-state index in [-0.39, 0.29) is 49.6 Å². The fourth-order valence-corrected chi connectivity index (χ4v) is 5.48. The maximum absolute atomic E-state index is 12.4. The Morgan fingerprint density at radius 1 is 1.00 bits per heavy atom. The number of aromatic nitrogens is 3. The van der Waals surface area contributed by atoms with Crippen molar-refractivity contribution in [2.45, 2.75) is 25.9 Å². The van der Waals surface area contributed by atoms with Crippen molar-refractivity contribution in [3.8, 4) is 28.1 Å². The first kappa shape index (κ1) is 28.0. The Kier molecular flexibility index (Phi) is 8.58. The van der Waals surface area contributed by atoms with Gasteiger partial charge in [0.25, 0.3) is 5.56 Å². The average molecular weight is 734 g/mol. The Hall–Kier alpha value is -2.50. The molecule has 2 unspecified atom stereocenters. The largest absolute Gasteiger partial charge is 0.660 e. The van der Waals surface area contributed by atoms with Crippen molar-refractivity contribution in [3.05, 3.63) is 88.7 Å². The normalized spacial score (nSPS) is 17.8. The first-order chi connectivity index (χ1) is 18.5. The molecule has 1 saturated heterocycles. The van der Waals surface area contributed by atoms with E-state index in [1.807, 2.05) is 36.7 Å². The first-order valence-corrected chi connectivity index (χ1v) is 13.2. The van der Waals surface area contributed by atoms with Crippen LogP contribution < -0.4 is 10.3 Å². The Balaban J connectivity index is 0.00000308. The number of hydrogen-bond acceptors (Lipinski definition) is 4. The molecule has 197 valence electrons. The van der Waals surface area contributed by atoms with Gasteiger partial charge in [-0.2, -0.15) is 0 Å². The molecule has 2 atom stereocenters. The Morgan fingerprint density at radius 3 is 2.51 bits per heavy atom. The van der Waals surface area contributed by atoms with Crippen molar-refractivity contribution in [2.24, 2.45) is 7.05 Å². The van der Waals surface area contributed by atoms with Crippen LogP contribution in [0.5, 0.6) is 5.75 Å². The van der Waals surface area contributed by atoms with Gasteiger partial charge in [0.2, 0.25) is 0 Å². The molecule has 1 N–H and O–H groups in total. The molecule has 0 aliphatic carbocycles. The number of aryl methyl sites for hydroxylation is 1. The third-order valence-electron chi connectivity index (χ3n) is 7.58. The van der Waals surface area contributed by atoms with Crippen LogP contribution in [0.1, 0.15) is 13.8 Å². The summed E-state index contributed by atoms with van der Waals surface area (Å²) in [5.41, 5.74) is 5.57. The van der Waals surface area contributed by atoms with Crippen LogP contribution in [0.25, 0.3) is 49.5 Å². The zero-order chi connectivity index (χ0) is 26.2. The SMILES string of the molecule is CC1C[N-]CC(C)N1CCOc1ccc(-c2ccc3cc(-c4cn(C)c(=O)c5[nH]ccc45)ccc3n2)cc1.[Ac]. The summed E-state index contributed by atoms with van der Waals surface area (Å²) >= 11 is 0. The number of fused-ring (bicyclic) bond motifs is 2. The second-order valence-corrected chi connectivity index (χ2v) is 10.2. The smallest absolute Gasteiger partial charge is 0.274 e. The van der Waals surface area contributed by atoms with Gasteiger partial charge in [-0.25, -0.2) is 4.98 Å². The number of aromatic amines is 1. The molecular formula is C31H32AcN5O2-. The van der Waals surface area contributed by atoms with Crippen LogP contribution in [0.2, 0.25) is 0 Å². The molecule has 8 heteroatoms. The molecule has 2 aromatic carbocycles. The third-order valence-corrected chi connectivity index (χ3v) is 7.58. The van der Waals surface area contributed by atoms with Gasteiger partial charge in [0, 0.05) is 91.9 Å². The first-order valence-electron chi connectivity index (χ1n) is 13.2. The quantitative estimate of drug-likeness (QED) is 0.247. The summed E-state index contributed by atoms with van der Waals surface area (Å²) in [5, 5.41) is 6.52. The second kappa shape index (κ2) is 11.9. The number of H-pyrrole nitrogens is 1. The number of rotatable bonds is 6. The van der Waals surface area contributed by atoms with Crippen LogP contribution in [-0.4, -0.2) is 57.8 Å². The van der Waals surface area contributed by atoms with Gasteiger partial charge in [-0.1, -0.05) is 26.0 Å². The van der Waals surface area contributed by atoms with E-state index in [9.17, 15) is 4.79 Å². The van der Waals surface area contributed by atoms with Crippen LogP contribution in [0, 0.1) is 44.1 Å². The van der Waals surface area contributed by atoms with Crippen LogP contribution in [0.3, 0.4) is 0 Å². The summed E-state index contributed by atoms with van der Waals surface area (Å²) in [7, 11) is 1.78. The number of nitrogens with one attached hydrogen (secondary N) is 1. The van der Waals surface area contributed by atoms with Crippen molar-refractivity contribution < 1.29 is 48.8 Å². The summed E-state index contributed by atoms with van der Waals surface area (Å²) in [4.78, 5) is 22.9. The predicted octanol–water partition coefficient (Wildman–Crippen LogP) is 5.59. The summed E-state index contributed by atoms with van der Waals surface area (Å²) in [6.07, 6.45) is 3.71. The monoisotopic (exact) mass is 733 g/mol. The number of nitrogens with zero attached hydrogens (tertiary/aromatic N) is 4. The van der Waals surface area contributed by atoms with Crippen LogP contribution in [-0.2, 0) is 7.05 Å². The van der Waals surface area contributed by atoms with Gasteiger partial charge in [-0.05, 0) is 66.2 Å². The van der Waals surface area contributed by atoms with E-state index in [1.165, 1.54) is 0 Å². The van der Waals surface area contributed by atoms with Gasteiger partial charge in [0.1, 0.15) is 17.9 Å². The minimum absolute atomic E-state index is 0. The number of ether oxygens (including phenoxy) is 1. The molecule has 0 bridgehead atoms. The minimum atomic E-state index is -0.0280. The molecule has 5 aromatic rings. The standard InChI is InChI=1S/C31H32N5O2.Ac/c1-20-17-32-18-21(2)36(20)14-15-38-25-8-4-22(5-9-25)28-11-7-24-16-23(6-10-29(24)34-28)27-19-35(3)31(37)30-26(27)12-13-33-30;/h4-13,16,19-21,33H,14-15,17-18H2,1-3H3;/q-1;. The van der Waals surface area contributed by atoms with Gasteiger partial charge < -0.3 is 19.6 Å². The maximum atomic E-state index is 12.4. The predicted molar refractivity (Wildman–Crippen MR) is 154 cm³/mol. The molecule has 1 aliphatic rings. The van der Waals surface area contributed by atoms with E-state index >= 15 is 0 Å². The Bertz CT molecular complexity index is 1650. The number of benzene rings is 2. The van der Waals surface area contributed by atoms with Crippen molar-refractivity contribution in [1.29, 1.82) is 0 Å². The molecule has 0 spiro atoms. The van der Waals surface area contributed by atoms with E-state index < -0.39 is 0 Å². The molecule has 7 nitrogen and oxygen atoms in total. The molecule has 1 radical (unpaired) electrons. The summed E-state index contributed by atoms with van der Waals surface area (Å²) in [6, 6.07) is 21.5. The van der Waals surface area contributed by atoms with E-state index in [1.54, 1.807) is 11.6 Å². The molecule has 1 fully saturated rings. The Morgan fingerprint density at radius 2 is 1.74 bits per heavy atom.